The average Bonchev–Trinajstić information content (AvgIpc) is 2.58. The molecule has 0 aliphatic rings. The van der Waals surface area contributed by atoms with Gasteiger partial charge in [0.05, 0.1) is 21.3 Å². The van der Waals surface area contributed by atoms with Gasteiger partial charge in [-0.25, -0.2) is 4.79 Å². The normalized spacial score (nSPS) is 10.3. The van der Waals surface area contributed by atoms with Gasteiger partial charge in [0.15, 0.2) is 0 Å². The van der Waals surface area contributed by atoms with Crippen LogP contribution < -0.4 is 0 Å². The number of nitrogens with zero attached hydrogens (tertiary/aromatic N) is 1. The Balaban J connectivity index is 4.72. The molecule has 0 unspecified atom stereocenters. The van der Waals surface area contributed by atoms with Crippen molar-refractivity contribution in [3.8, 4) is 0 Å². The minimum atomic E-state index is -0.500. The van der Waals surface area contributed by atoms with Crippen LogP contribution in [0.4, 0.5) is 4.79 Å². The van der Waals surface area contributed by atoms with Gasteiger partial charge < -0.3 is 24.2 Å². The Morgan fingerprint density at radius 1 is 0.957 bits per heavy atom. The van der Waals surface area contributed by atoms with Crippen LogP contribution in [0.3, 0.4) is 0 Å². The van der Waals surface area contributed by atoms with Crippen LogP contribution in [0.1, 0.15) is 32.1 Å². The van der Waals surface area contributed by atoms with Gasteiger partial charge in [0, 0.05) is 32.5 Å². The van der Waals surface area contributed by atoms with E-state index in [-0.39, 0.29) is 37.3 Å². The molecule has 0 fully saturated rings. The lowest BCUT2D eigenvalue weighted by molar-refractivity contribution is -0.141. The number of hydrogen-bond acceptors (Lipinski definition) is 7. The predicted octanol–water partition coefficient (Wildman–Crippen LogP) is 0.960. The first-order valence-corrected chi connectivity index (χ1v) is 7.55. The van der Waals surface area contributed by atoms with E-state index in [2.05, 4.69) is 9.47 Å². The van der Waals surface area contributed by atoms with E-state index in [1.807, 2.05) is 0 Å². The highest BCUT2D eigenvalue weighted by Gasteiger charge is 2.21. The lowest BCUT2D eigenvalue weighted by atomic mass is 9.96. The van der Waals surface area contributed by atoms with Gasteiger partial charge in [0.25, 0.3) is 0 Å². The van der Waals surface area contributed by atoms with Gasteiger partial charge in [-0.2, -0.15) is 0 Å². The number of aliphatic hydroxyl groups excluding tert-OH is 1. The number of aliphatic hydroxyl groups is 1. The number of carbonyl (C=O) groups excluding carboxylic acids is 3. The molecule has 0 aromatic heterocycles. The zero-order valence-corrected chi connectivity index (χ0v) is 14.1. The molecule has 1 N–H and O–H groups in total. The first kappa shape index (κ1) is 21.2. The Morgan fingerprint density at radius 3 is 1.87 bits per heavy atom. The minimum absolute atomic E-state index is 0.0392. The summed E-state index contributed by atoms with van der Waals surface area (Å²) in [6, 6.07) is 0. The molecule has 23 heavy (non-hydrogen) atoms. The van der Waals surface area contributed by atoms with Crippen molar-refractivity contribution >= 4 is 18.0 Å². The zero-order valence-electron chi connectivity index (χ0n) is 14.1. The van der Waals surface area contributed by atoms with E-state index in [1.165, 1.54) is 26.2 Å². The highest BCUT2D eigenvalue weighted by molar-refractivity contribution is 5.70. The second-order valence-electron chi connectivity index (χ2n) is 5.09. The molecule has 8 nitrogen and oxygen atoms in total. The summed E-state index contributed by atoms with van der Waals surface area (Å²) < 4.78 is 14.0. The Bertz CT molecular complexity index is 353. The molecule has 0 rings (SSSR count). The third-order valence-corrected chi connectivity index (χ3v) is 3.47. The first-order valence-electron chi connectivity index (χ1n) is 7.55. The number of ether oxygens (including phenoxy) is 3. The SMILES string of the molecule is COC(=O)CCC(CCC(=O)OC)CN(CCCO)C(=O)OC. The zero-order chi connectivity index (χ0) is 17.7. The summed E-state index contributed by atoms with van der Waals surface area (Å²) in [5.41, 5.74) is 0. The van der Waals surface area contributed by atoms with Crippen molar-refractivity contribution in [2.75, 3.05) is 41.0 Å². The van der Waals surface area contributed by atoms with Crippen LogP contribution in [0.5, 0.6) is 0 Å². The molecule has 0 saturated heterocycles. The fraction of sp³-hybridized carbons (Fsp3) is 0.800. The van der Waals surface area contributed by atoms with Gasteiger partial charge >= 0.3 is 18.0 Å². The topological polar surface area (TPSA) is 102 Å². The quantitative estimate of drug-likeness (QED) is 0.444. The number of methoxy groups -OCH3 is 3. The summed E-state index contributed by atoms with van der Waals surface area (Å²) in [7, 11) is 3.91. The van der Waals surface area contributed by atoms with E-state index in [1.54, 1.807) is 0 Å². The summed E-state index contributed by atoms with van der Waals surface area (Å²) in [6.07, 6.45) is 1.30. The molecule has 0 bridgehead atoms. The minimum Gasteiger partial charge on any atom is -0.469 e. The van der Waals surface area contributed by atoms with E-state index in [9.17, 15) is 14.4 Å². The average molecular weight is 333 g/mol. The van der Waals surface area contributed by atoms with Crippen molar-refractivity contribution < 1.29 is 33.7 Å². The molecular weight excluding hydrogens is 306 g/mol. The number of carbonyl (C=O) groups is 3. The molecule has 0 aromatic rings. The van der Waals surface area contributed by atoms with Crippen LogP contribution >= 0.6 is 0 Å². The largest absolute Gasteiger partial charge is 0.469 e. The van der Waals surface area contributed by atoms with Crippen molar-refractivity contribution in [3.63, 3.8) is 0 Å². The van der Waals surface area contributed by atoms with Gasteiger partial charge in [-0.1, -0.05) is 0 Å². The van der Waals surface area contributed by atoms with Gasteiger partial charge in [-0.05, 0) is 25.2 Å². The van der Waals surface area contributed by atoms with Crippen LogP contribution in [0.2, 0.25) is 0 Å². The molecule has 0 aliphatic heterocycles. The third kappa shape index (κ3) is 9.72. The number of hydrogen-bond donors (Lipinski definition) is 1. The maximum atomic E-state index is 11.8. The molecular formula is C15H27NO7. The summed E-state index contributed by atoms with van der Waals surface area (Å²) in [5.74, 6) is -0.757. The standard InChI is InChI=1S/C15H27NO7/c1-21-13(18)7-5-12(6-8-14(19)22-2)11-16(9-4-10-17)15(20)23-3/h12,17H,4-11H2,1-3H3. The van der Waals surface area contributed by atoms with Crippen molar-refractivity contribution in [2.45, 2.75) is 32.1 Å². The van der Waals surface area contributed by atoms with Gasteiger partial charge in [-0.3, -0.25) is 9.59 Å². The van der Waals surface area contributed by atoms with Gasteiger partial charge in [-0.15, -0.1) is 0 Å². The van der Waals surface area contributed by atoms with Crippen molar-refractivity contribution in [2.24, 2.45) is 5.92 Å². The molecule has 8 heteroatoms. The molecule has 134 valence electrons. The first-order chi connectivity index (χ1) is 11.0. The fourth-order valence-electron chi connectivity index (χ4n) is 2.13. The molecule has 0 radical (unpaired) electrons. The maximum Gasteiger partial charge on any atom is 0.409 e. The summed E-state index contributed by atoms with van der Waals surface area (Å²) in [5, 5.41) is 8.92. The molecule has 1 amide bonds. The molecule has 0 spiro atoms. The van der Waals surface area contributed by atoms with Gasteiger partial charge in [0.2, 0.25) is 0 Å². The van der Waals surface area contributed by atoms with E-state index < -0.39 is 6.09 Å². The monoisotopic (exact) mass is 333 g/mol. The van der Waals surface area contributed by atoms with Crippen LogP contribution in [0.25, 0.3) is 0 Å². The van der Waals surface area contributed by atoms with E-state index in [4.69, 9.17) is 9.84 Å². The molecule has 0 saturated carbocycles. The number of amides is 1. The molecule has 0 aromatic carbocycles. The highest BCUT2D eigenvalue weighted by Crippen LogP contribution is 2.17. The fourth-order valence-corrected chi connectivity index (χ4v) is 2.13. The molecule has 0 aliphatic carbocycles. The van der Waals surface area contributed by atoms with E-state index in [0.717, 1.165) is 0 Å². The van der Waals surface area contributed by atoms with E-state index in [0.29, 0.717) is 32.4 Å². The summed E-state index contributed by atoms with van der Waals surface area (Å²) in [4.78, 5) is 35.9. The smallest absolute Gasteiger partial charge is 0.409 e. The summed E-state index contributed by atoms with van der Waals surface area (Å²) >= 11 is 0. The highest BCUT2D eigenvalue weighted by atomic mass is 16.5. The third-order valence-electron chi connectivity index (χ3n) is 3.47. The second-order valence-corrected chi connectivity index (χ2v) is 5.09. The van der Waals surface area contributed by atoms with Gasteiger partial charge in [0.1, 0.15) is 0 Å². The summed E-state index contributed by atoms with van der Waals surface area (Å²) in [6.45, 7) is 0.638. The Morgan fingerprint density at radius 2 is 1.48 bits per heavy atom. The van der Waals surface area contributed by atoms with Crippen LogP contribution in [0, 0.1) is 5.92 Å². The number of rotatable bonds is 11. The van der Waals surface area contributed by atoms with E-state index >= 15 is 0 Å². The van der Waals surface area contributed by atoms with Crippen LogP contribution in [0.15, 0.2) is 0 Å². The molecule has 0 heterocycles. The Hall–Kier alpha value is -1.83. The lowest BCUT2D eigenvalue weighted by Crippen LogP contribution is -2.37. The Labute approximate surface area is 136 Å². The molecule has 0 atom stereocenters. The lowest BCUT2D eigenvalue weighted by Gasteiger charge is -2.26. The van der Waals surface area contributed by atoms with Crippen LogP contribution in [-0.4, -0.2) is 69.1 Å². The predicted molar refractivity (Wildman–Crippen MR) is 81.7 cm³/mol. The maximum absolute atomic E-state index is 11.8. The van der Waals surface area contributed by atoms with Crippen molar-refractivity contribution in [1.29, 1.82) is 0 Å². The van der Waals surface area contributed by atoms with Crippen molar-refractivity contribution in [3.05, 3.63) is 0 Å². The van der Waals surface area contributed by atoms with Crippen LogP contribution in [-0.2, 0) is 23.8 Å². The van der Waals surface area contributed by atoms with Crippen molar-refractivity contribution in [1.82, 2.24) is 4.90 Å². The number of esters is 2. The Kier molecular flexibility index (Phi) is 11.7. The second kappa shape index (κ2) is 12.7.